The van der Waals surface area contributed by atoms with Crippen LogP contribution in [0.1, 0.15) is 24.0 Å². The maximum Gasteiger partial charge on any atom is 0.129 e. The quantitative estimate of drug-likeness (QED) is 0.801. The van der Waals surface area contributed by atoms with Crippen molar-refractivity contribution in [3.8, 4) is 0 Å². The molecule has 0 fully saturated rings. The molecule has 0 aliphatic heterocycles. The SMILES string of the molecule is CCNCc1coc(COCc2ccco2)c1. The van der Waals surface area contributed by atoms with E-state index in [-0.39, 0.29) is 0 Å². The summed E-state index contributed by atoms with van der Waals surface area (Å²) in [6, 6.07) is 5.74. The summed E-state index contributed by atoms with van der Waals surface area (Å²) < 4.78 is 16.0. The van der Waals surface area contributed by atoms with Crippen LogP contribution in [0.5, 0.6) is 0 Å². The molecule has 0 aliphatic rings. The molecule has 0 bridgehead atoms. The monoisotopic (exact) mass is 235 g/mol. The van der Waals surface area contributed by atoms with E-state index in [9.17, 15) is 0 Å². The van der Waals surface area contributed by atoms with Gasteiger partial charge in [-0.05, 0) is 24.7 Å². The summed E-state index contributed by atoms with van der Waals surface area (Å²) in [5.41, 5.74) is 1.14. The van der Waals surface area contributed by atoms with Crippen LogP contribution in [0.4, 0.5) is 0 Å². The van der Waals surface area contributed by atoms with E-state index in [0.29, 0.717) is 13.2 Å². The number of hydrogen-bond acceptors (Lipinski definition) is 4. The lowest BCUT2D eigenvalue weighted by molar-refractivity contribution is 0.0803. The molecule has 0 radical (unpaired) electrons. The van der Waals surface area contributed by atoms with Crippen molar-refractivity contribution in [1.82, 2.24) is 5.32 Å². The van der Waals surface area contributed by atoms with Crippen molar-refractivity contribution in [2.45, 2.75) is 26.7 Å². The first kappa shape index (κ1) is 12.0. The highest BCUT2D eigenvalue weighted by Gasteiger charge is 2.02. The van der Waals surface area contributed by atoms with Gasteiger partial charge in [0, 0.05) is 12.1 Å². The van der Waals surface area contributed by atoms with Crippen molar-refractivity contribution >= 4 is 0 Å². The second kappa shape index (κ2) is 6.27. The summed E-state index contributed by atoms with van der Waals surface area (Å²) in [5.74, 6) is 1.66. The van der Waals surface area contributed by atoms with E-state index in [0.717, 1.165) is 30.2 Å². The van der Waals surface area contributed by atoms with Crippen LogP contribution in [-0.2, 0) is 24.5 Å². The number of nitrogens with one attached hydrogen (secondary N) is 1. The van der Waals surface area contributed by atoms with Crippen LogP contribution in [0, 0.1) is 0 Å². The molecule has 4 nitrogen and oxygen atoms in total. The Morgan fingerprint density at radius 2 is 2.12 bits per heavy atom. The average molecular weight is 235 g/mol. The van der Waals surface area contributed by atoms with Crippen LogP contribution in [0.15, 0.2) is 39.6 Å². The molecule has 0 saturated carbocycles. The van der Waals surface area contributed by atoms with E-state index < -0.39 is 0 Å². The molecule has 2 heterocycles. The van der Waals surface area contributed by atoms with Crippen molar-refractivity contribution in [2.75, 3.05) is 6.54 Å². The molecule has 0 saturated heterocycles. The number of rotatable bonds is 7. The molecule has 0 spiro atoms. The molecule has 0 unspecified atom stereocenters. The molecule has 0 amide bonds. The van der Waals surface area contributed by atoms with Gasteiger partial charge >= 0.3 is 0 Å². The highest BCUT2D eigenvalue weighted by molar-refractivity contribution is 5.12. The minimum atomic E-state index is 0.465. The Hall–Kier alpha value is -1.52. The largest absolute Gasteiger partial charge is 0.467 e. The van der Waals surface area contributed by atoms with Gasteiger partial charge in [-0.3, -0.25) is 0 Å². The molecule has 4 heteroatoms. The second-order valence-corrected chi connectivity index (χ2v) is 3.77. The topological polar surface area (TPSA) is 47.5 Å². The van der Waals surface area contributed by atoms with Gasteiger partial charge in [0.05, 0.1) is 12.5 Å². The van der Waals surface area contributed by atoms with Gasteiger partial charge in [0.1, 0.15) is 24.7 Å². The summed E-state index contributed by atoms with van der Waals surface area (Å²) >= 11 is 0. The molecular weight excluding hydrogens is 218 g/mol. The third-order valence-electron chi connectivity index (χ3n) is 2.36. The van der Waals surface area contributed by atoms with E-state index in [1.54, 1.807) is 12.5 Å². The Morgan fingerprint density at radius 1 is 1.24 bits per heavy atom. The molecule has 2 aromatic rings. The third kappa shape index (κ3) is 3.76. The maximum absolute atomic E-state index is 5.47. The molecule has 0 aliphatic carbocycles. The third-order valence-corrected chi connectivity index (χ3v) is 2.36. The number of ether oxygens (including phenoxy) is 1. The first-order valence-corrected chi connectivity index (χ1v) is 5.75. The molecule has 0 atom stereocenters. The van der Waals surface area contributed by atoms with E-state index >= 15 is 0 Å². The van der Waals surface area contributed by atoms with E-state index in [4.69, 9.17) is 13.6 Å². The van der Waals surface area contributed by atoms with Gasteiger partial charge in [-0.25, -0.2) is 0 Å². The van der Waals surface area contributed by atoms with Gasteiger partial charge in [0.2, 0.25) is 0 Å². The second-order valence-electron chi connectivity index (χ2n) is 3.77. The Labute approximate surface area is 101 Å². The van der Waals surface area contributed by atoms with Crippen LogP contribution in [-0.4, -0.2) is 6.54 Å². The Morgan fingerprint density at radius 3 is 2.88 bits per heavy atom. The van der Waals surface area contributed by atoms with Gasteiger partial charge in [-0.2, -0.15) is 0 Å². The smallest absolute Gasteiger partial charge is 0.129 e. The van der Waals surface area contributed by atoms with E-state index in [2.05, 4.69) is 12.2 Å². The summed E-state index contributed by atoms with van der Waals surface area (Å²) in [6.07, 6.45) is 3.40. The van der Waals surface area contributed by atoms with E-state index in [1.165, 1.54) is 0 Å². The lowest BCUT2D eigenvalue weighted by Crippen LogP contribution is -2.10. The lowest BCUT2D eigenvalue weighted by atomic mass is 10.3. The molecular formula is C13H17NO3. The van der Waals surface area contributed by atoms with Gasteiger partial charge < -0.3 is 18.9 Å². The first-order valence-electron chi connectivity index (χ1n) is 5.75. The zero-order valence-electron chi connectivity index (χ0n) is 9.94. The predicted octanol–water partition coefficient (Wildman–Crippen LogP) is 2.70. The standard InChI is InChI=1S/C13H17NO3/c1-2-14-7-11-6-13(17-8-11)10-15-9-12-4-3-5-16-12/h3-6,8,14H,2,7,9-10H2,1H3. The summed E-state index contributed by atoms with van der Waals surface area (Å²) in [5, 5.41) is 3.24. The van der Waals surface area contributed by atoms with Crippen LogP contribution in [0.25, 0.3) is 0 Å². The van der Waals surface area contributed by atoms with Gasteiger partial charge in [0.25, 0.3) is 0 Å². The predicted molar refractivity (Wildman–Crippen MR) is 63.3 cm³/mol. The summed E-state index contributed by atoms with van der Waals surface area (Å²) in [6.45, 7) is 4.80. The molecule has 17 heavy (non-hydrogen) atoms. The van der Waals surface area contributed by atoms with Crippen LogP contribution in [0.2, 0.25) is 0 Å². The van der Waals surface area contributed by atoms with Crippen molar-refractivity contribution < 1.29 is 13.6 Å². The highest BCUT2D eigenvalue weighted by atomic mass is 16.5. The van der Waals surface area contributed by atoms with Crippen molar-refractivity contribution in [3.63, 3.8) is 0 Å². The fraction of sp³-hybridized carbons (Fsp3) is 0.385. The Balaban J connectivity index is 1.73. The van der Waals surface area contributed by atoms with Gasteiger partial charge in [0.15, 0.2) is 0 Å². The van der Waals surface area contributed by atoms with Crippen LogP contribution >= 0.6 is 0 Å². The van der Waals surface area contributed by atoms with Gasteiger partial charge in [-0.15, -0.1) is 0 Å². The number of hydrogen-bond donors (Lipinski definition) is 1. The van der Waals surface area contributed by atoms with Crippen molar-refractivity contribution in [1.29, 1.82) is 0 Å². The summed E-state index contributed by atoms with van der Waals surface area (Å²) in [7, 11) is 0. The van der Waals surface area contributed by atoms with Crippen molar-refractivity contribution in [2.24, 2.45) is 0 Å². The minimum absolute atomic E-state index is 0.465. The molecule has 1 N–H and O–H groups in total. The van der Waals surface area contributed by atoms with Gasteiger partial charge in [-0.1, -0.05) is 6.92 Å². The molecule has 2 rings (SSSR count). The van der Waals surface area contributed by atoms with E-state index in [1.807, 2.05) is 18.2 Å². The van der Waals surface area contributed by atoms with Crippen LogP contribution < -0.4 is 5.32 Å². The normalized spacial score (nSPS) is 10.9. The molecule has 92 valence electrons. The summed E-state index contributed by atoms with van der Waals surface area (Å²) in [4.78, 5) is 0. The first-order chi connectivity index (χ1) is 8.38. The Kier molecular flexibility index (Phi) is 4.41. The number of furan rings is 2. The molecule has 0 aromatic carbocycles. The van der Waals surface area contributed by atoms with Crippen molar-refractivity contribution in [3.05, 3.63) is 47.8 Å². The fourth-order valence-electron chi connectivity index (χ4n) is 1.51. The Bertz CT molecular complexity index is 420. The zero-order chi connectivity index (χ0) is 11.9. The minimum Gasteiger partial charge on any atom is -0.467 e. The van der Waals surface area contributed by atoms with Crippen LogP contribution in [0.3, 0.4) is 0 Å². The highest BCUT2D eigenvalue weighted by Crippen LogP contribution is 2.10. The average Bonchev–Trinajstić information content (AvgIpc) is 2.98. The zero-order valence-corrected chi connectivity index (χ0v) is 9.94. The lowest BCUT2D eigenvalue weighted by Gasteiger charge is -1.98. The maximum atomic E-state index is 5.47. The molecule has 2 aromatic heterocycles. The fourth-order valence-corrected chi connectivity index (χ4v) is 1.51.